The molecule has 0 saturated heterocycles. The third-order valence-corrected chi connectivity index (χ3v) is 4.00. The summed E-state index contributed by atoms with van der Waals surface area (Å²) < 4.78 is 1.62. The van der Waals surface area contributed by atoms with Crippen molar-refractivity contribution in [3.63, 3.8) is 0 Å². The van der Waals surface area contributed by atoms with Crippen LogP contribution in [0.25, 0.3) is 0 Å². The first-order valence-electron chi connectivity index (χ1n) is 8.23. The number of carbonyl (C=O) groups excluding carboxylic acids is 1. The molecule has 1 aromatic heterocycles. The van der Waals surface area contributed by atoms with Crippen LogP contribution < -0.4 is 10.6 Å². The van der Waals surface area contributed by atoms with Gasteiger partial charge in [-0.25, -0.2) is 4.79 Å². The van der Waals surface area contributed by atoms with E-state index >= 15 is 0 Å². The number of aliphatic hydroxyl groups is 1. The molecule has 2 unspecified atom stereocenters. The molecule has 1 heterocycles. The Morgan fingerprint density at radius 2 is 2.08 bits per heavy atom. The minimum absolute atomic E-state index is 0.0421. The maximum Gasteiger partial charge on any atom is 0.315 e. The number of aryl methyl sites for hydroxylation is 1. The molecule has 0 fully saturated rings. The maximum absolute atomic E-state index is 12.2. The Morgan fingerprint density at radius 3 is 2.67 bits per heavy atom. The number of amides is 2. The number of benzene rings is 1. The van der Waals surface area contributed by atoms with Crippen LogP contribution in [0.1, 0.15) is 43.9 Å². The average molecular weight is 330 g/mol. The standard InChI is InChI=1S/C18H26N4O2/c1-4-8-16(14-9-6-5-7-10-14)21-17(23)19-13-18(2,24)15-11-20-22(3)12-15/h5-7,9-12,16,24H,4,8,13H2,1-3H3,(H2,19,21,23). The zero-order valence-corrected chi connectivity index (χ0v) is 14.5. The number of rotatable bonds is 7. The van der Waals surface area contributed by atoms with Gasteiger partial charge >= 0.3 is 6.03 Å². The van der Waals surface area contributed by atoms with Crippen molar-refractivity contribution in [2.45, 2.75) is 38.3 Å². The highest BCUT2D eigenvalue weighted by atomic mass is 16.3. The van der Waals surface area contributed by atoms with Crippen molar-refractivity contribution < 1.29 is 9.90 Å². The summed E-state index contributed by atoms with van der Waals surface area (Å²) >= 11 is 0. The third-order valence-electron chi connectivity index (χ3n) is 4.00. The lowest BCUT2D eigenvalue weighted by Crippen LogP contribution is -2.44. The van der Waals surface area contributed by atoms with Gasteiger partial charge in [-0.15, -0.1) is 0 Å². The van der Waals surface area contributed by atoms with E-state index in [1.165, 1.54) is 0 Å². The lowest BCUT2D eigenvalue weighted by atomic mass is 10.00. The zero-order chi connectivity index (χ0) is 17.6. The highest BCUT2D eigenvalue weighted by Crippen LogP contribution is 2.20. The summed E-state index contributed by atoms with van der Waals surface area (Å²) in [7, 11) is 1.79. The topological polar surface area (TPSA) is 79.2 Å². The van der Waals surface area contributed by atoms with Crippen LogP contribution in [0.4, 0.5) is 4.79 Å². The van der Waals surface area contributed by atoms with Gasteiger partial charge in [-0.2, -0.15) is 5.10 Å². The van der Waals surface area contributed by atoms with E-state index in [4.69, 9.17) is 0 Å². The average Bonchev–Trinajstić information content (AvgIpc) is 3.01. The van der Waals surface area contributed by atoms with Gasteiger partial charge in [0, 0.05) is 18.8 Å². The molecule has 0 aliphatic carbocycles. The first kappa shape index (κ1) is 18.0. The van der Waals surface area contributed by atoms with E-state index < -0.39 is 5.60 Å². The number of hydrogen-bond donors (Lipinski definition) is 3. The molecular formula is C18H26N4O2. The van der Waals surface area contributed by atoms with E-state index in [1.807, 2.05) is 30.3 Å². The summed E-state index contributed by atoms with van der Waals surface area (Å²) in [5.41, 5.74) is 0.575. The van der Waals surface area contributed by atoms with Crippen molar-refractivity contribution in [2.24, 2.45) is 7.05 Å². The second-order valence-electron chi connectivity index (χ2n) is 6.26. The molecule has 0 spiro atoms. The van der Waals surface area contributed by atoms with Gasteiger partial charge in [-0.05, 0) is 18.9 Å². The van der Waals surface area contributed by atoms with Gasteiger partial charge in [0.15, 0.2) is 0 Å². The van der Waals surface area contributed by atoms with E-state index in [-0.39, 0.29) is 18.6 Å². The van der Waals surface area contributed by atoms with E-state index in [2.05, 4.69) is 22.7 Å². The van der Waals surface area contributed by atoms with Gasteiger partial charge in [0.2, 0.25) is 0 Å². The second-order valence-corrected chi connectivity index (χ2v) is 6.26. The molecule has 2 atom stereocenters. The lowest BCUT2D eigenvalue weighted by Gasteiger charge is -2.24. The summed E-state index contributed by atoms with van der Waals surface area (Å²) in [6.45, 7) is 3.85. The third kappa shape index (κ3) is 4.83. The van der Waals surface area contributed by atoms with Crippen LogP contribution in [0.3, 0.4) is 0 Å². The summed E-state index contributed by atoms with van der Waals surface area (Å²) in [6, 6.07) is 9.56. The number of urea groups is 1. The van der Waals surface area contributed by atoms with Crippen LogP contribution >= 0.6 is 0 Å². The van der Waals surface area contributed by atoms with Crippen molar-refractivity contribution in [3.8, 4) is 0 Å². The molecule has 6 heteroatoms. The van der Waals surface area contributed by atoms with Crippen molar-refractivity contribution in [3.05, 3.63) is 53.9 Å². The normalized spacial score (nSPS) is 14.7. The zero-order valence-electron chi connectivity index (χ0n) is 14.5. The molecule has 2 aromatic rings. The number of nitrogens with zero attached hydrogens (tertiary/aromatic N) is 2. The molecule has 2 rings (SSSR count). The quantitative estimate of drug-likeness (QED) is 0.730. The Hall–Kier alpha value is -2.34. The molecule has 2 amide bonds. The lowest BCUT2D eigenvalue weighted by molar-refractivity contribution is 0.0591. The molecule has 24 heavy (non-hydrogen) atoms. The van der Waals surface area contributed by atoms with Crippen LogP contribution in [0.15, 0.2) is 42.7 Å². The van der Waals surface area contributed by atoms with E-state index in [0.717, 1.165) is 18.4 Å². The summed E-state index contributed by atoms with van der Waals surface area (Å²) in [4.78, 5) is 12.2. The Kier molecular flexibility index (Phi) is 5.98. The number of carbonyl (C=O) groups is 1. The molecule has 3 N–H and O–H groups in total. The molecule has 1 aromatic carbocycles. The van der Waals surface area contributed by atoms with Crippen molar-refractivity contribution in [1.29, 1.82) is 0 Å². The van der Waals surface area contributed by atoms with Gasteiger partial charge < -0.3 is 15.7 Å². The molecule has 0 aliphatic heterocycles. The smallest absolute Gasteiger partial charge is 0.315 e. The Morgan fingerprint density at radius 1 is 1.38 bits per heavy atom. The minimum Gasteiger partial charge on any atom is -0.383 e. The van der Waals surface area contributed by atoms with E-state index in [0.29, 0.717) is 5.56 Å². The summed E-state index contributed by atoms with van der Waals surface area (Å²) in [5.74, 6) is 0. The fourth-order valence-electron chi connectivity index (χ4n) is 2.56. The van der Waals surface area contributed by atoms with Crippen molar-refractivity contribution in [2.75, 3.05) is 6.54 Å². The Balaban J connectivity index is 1.93. The summed E-state index contributed by atoms with van der Waals surface area (Å²) in [6.07, 6.45) is 5.16. The first-order valence-corrected chi connectivity index (χ1v) is 8.23. The van der Waals surface area contributed by atoms with Crippen LogP contribution in [0.5, 0.6) is 0 Å². The molecule has 6 nitrogen and oxygen atoms in total. The Labute approximate surface area is 142 Å². The van der Waals surface area contributed by atoms with Gasteiger partial charge in [-0.3, -0.25) is 4.68 Å². The van der Waals surface area contributed by atoms with E-state index in [9.17, 15) is 9.90 Å². The Bertz CT molecular complexity index is 652. The maximum atomic E-state index is 12.2. The number of aromatic nitrogens is 2. The van der Waals surface area contributed by atoms with Crippen LogP contribution in [-0.4, -0.2) is 27.5 Å². The van der Waals surface area contributed by atoms with Gasteiger partial charge in [0.1, 0.15) is 5.60 Å². The summed E-state index contributed by atoms with van der Waals surface area (Å²) in [5, 5.41) is 20.3. The van der Waals surface area contributed by atoms with Crippen LogP contribution in [0.2, 0.25) is 0 Å². The van der Waals surface area contributed by atoms with Crippen LogP contribution in [0, 0.1) is 0 Å². The molecule has 0 aliphatic rings. The predicted octanol–water partition coefficient (Wildman–Crippen LogP) is 2.47. The van der Waals surface area contributed by atoms with Crippen molar-refractivity contribution >= 4 is 6.03 Å². The molecule has 130 valence electrons. The predicted molar refractivity (Wildman–Crippen MR) is 93.4 cm³/mol. The molecular weight excluding hydrogens is 304 g/mol. The second kappa shape index (κ2) is 7.97. The van der Waals surface area contributed by atoms with Gasteiger partial charge in [0.05, 0.1) is 18.8 Å². The SMILES string of the molecule is CCCC(NC(=O)NCC(C)(O)c1cnn(C)c1)c1ccccc1. The number of hydrogen-bond acceptors (Lipinski definition) is 3. The fourth-order valence-corrected chi connectivity index (χ4v) is 2.56. The molecule has 0 bridgehead atoms. The minimum atomic E-state index is -1.17. The molecule has 0 radical (unpaired) electrons. The van der Waals surface area contributed by atoms with Crippen LogP contribution in [-0.2, 0) is 12.6 Å². The first-order chi connectivity index (χ1) is 11.4. The highest BCUT2D eigenvalue weighted by molar-refractivity contribution is 5.74. The monoisotopic (exact) mass is 330 g/mol. The van der Waals surface area contributed by atoms with Gasteiger partial charge in [-0.1, -0.05) is 43.7 Å². The number of nitrogens with one attached hydrogen (secondary N) is 2. The van der Waals surface area contributed by atoms with Gasteiger partial charge in [0.25, 0.3) is 0 Å². The largest absolute Gasteiger partial charge is 0.383 e. The van der Waals surface area contributed by atoms with Crippen molar-refractivity contribution in [1.82, 2.24) is 20.4 Å². The molecule has 0 saturated carbocycles. The highest BCUT2D eigenvalue weighted by Gasteiger charge is 2.25. The van der Waals surface area contributed by atoms with E-state index in [1.54, 1.807) is 31.0 Å². The fraction of sp³-hybridized carbons (Fsp3) is 0.444.